The molecular formula is C15H30N2O3. The molecule has 0 bridgehead atoms. The van der Waals surface area contributed by atoms with E-state index in [0.29, 0.717) is 6.61 Å². The van der Waals surface area contributed by atoms with Crippen LogP contribution in [0.4, 0.5) is 0 Å². The number of hydrogen-bond donors (Lipinski definition) is 1. The second-order valence-electron chi connectivity index (χ2n) is 5.56. The minimum Gasteiger partial charge on any atom is -0.465 e. The van der Waals surface area contributed by atoms with Crippen molar-refractivity contribution in [1.29, 1.82) is 0 Å². The van der Waals surface area contributed by atoms with Crippen molar-refractivity contribution in [3.63, 3.8) is 0 Å². The molecule has 0 aromatic rings. The molecule has 118 valence electrons. The van der Waals surface area contributed by atoms with Gasteiger partial charge in [0.2, 0.25) is 0 Å². The number of rotatable bonds is 8. The maximum Gasteiger partial charge on any atom is 0.323 e. The van der Waals surface area contributed by atoms with Crippen molar-refractivity contribution in [2.24, 2.45) is 0 Å². The molecule has 1 aliphatic heterocycles. The summed E-state index contributed by atoms with van der Waals surface area (Å²) in [6.45, 7) is 12.2. The summed E-state index contributed by atoms with van der Waals surface area (Å²) >= 11 is 0. The summed E-state index contributed by atoms with van der Waals surface area (Å²) in [5, 5.41) is 3.28. The molecule has 1 aliphatic rings. The van der Waals surface area contributed by atoms with Crippen LogP contribution in [0.2, 0.25) is 0 Å². The number of carbonyl (C=O) groups is 1. The van der Waals surface area contributed by atoms with Crippen LogP contribution in [0.3, 0.4) is 0 Å². The van der Waals surface area contributed by atoms with E-state index in [9.17, 15) is 4.79 Å². The van der Waals surface area contributed by atoms with Gasteiger partial charge in [-0.25, -0.2) is 0 Å². The van der Waals surface area contributed by atoms with Crippen LogP contribution >= 0.6 is 0 Å². The second-order valence-corrected chi connectivity index (χ2v) is 5.56. The standard InChI is InChI=1S/C15H30N2O3/c1-5-8-16-14(15(18)19-6-2)7-9-17-10-12(3)20-13(4)11-17/h12-14,16H,5-11H2,1-4H3. The van der Waals surface area contributed by atoms with Crippen LogP contribution in [0.5, 0.6) is 0 Å². The van der Waals surface area contributed by atoms with Gasteiger partial charge in [-0.3, -0.25) is 9.69 Å². The lowest BCUT2D eigenvalue weighted by atomic mass is 10.1. The topological polar surface area (TPSA) is 50.8 Å². The molecule has 20 heavy (non-hydrogen) atoms. The molecule has 1 rings (SSSR count). The van der Waals surface area contributed by atoms with E-state index in [-0.39, 0.29) is 24.2 Å². The summed E-state index contributed by atoms with van der Waals surface area (Å²) in [4.78, 5) is 14.3. The van der Waals surface area contributed by atoms with E-state index in [0.717, 1.165) is 39.0 Å². The molecule has 1 heterocycles. The Morgan fingerprint density at radius 1 is 1.35 bits per heavy atom. The van der Waals surface area contributed by atoms with Crippen LogP contribution < -0.4 is 5.32 Å². The Morgan fingerprint density at radius 3 is 2.55 bits per heavy atom. The highest BCUT2D eigenvalue weighted by atomic mass is 16.5. The number of nitrogens with zero attached hydrogens (tertiary/aromatic N) is 1. The first-order chi connectivity index (χ1) is 9.56. The predicted molar refractivity (Wildman–Crippen MR) is 79.8 cm³/mol. The predicted octanol–water partition coefficient (Wildman–Crippen LogP) is 1.42. The van der Waals surface area contributed by atoms with E-state index >= 15 is 0 Å². The zero-order valence-corrected chi connectivity index (χ0v) is 13.4. The van der Waals surface area contributed by atoms with Crippen LogP contribution in [0.25, 0.3) is 0 Å². The number of carbonyl (C=O) groups excluding carboxylic acids is 1. The number of nitrogens with one attached hydrogen (secondary N) is 1. The summed E-state index contributed by atoms with van der Waals surface area (Å²) in [7, 11) is 0. The summed E-state index contributed by atoms with van der Waals surface area (Å²) in [5.74, 6) is -0.129. The van der Waals surface area contributed by atoms with Gasteiger partial charge < -0.3 is 14.8 Å². The van der Waals surface area contributed by atoms with Gasteiger partial charge in [0.25, 0.3) is 0 Å². The van der Waals surface area contributed by atoms with Gasteiger partial charge in [0.05, 0.1) is 18.8 Å². The Morgan fingerprint density at radius 2 is 2.00 bits per heavy atom. The molecule has 3 unspecified atom stereocenters. The Bertz CT molecular complexity index is 276. The number of esters is 1. The van der Waals surface area contributed by atoms with Crippen molar-refractivity contribution in [2.45, 2.75) is 58.8 Å². The highest BCUT2D eigenvalue weighted by Crippen LogP contribution is 2.11. The van der Waals surface area contributed by atoms with Crippen molar-refractivity contribution >= 4 is 5.97 Å². The van der Waals surface area contributed by atoms with Crippen LogP contribution in [0.1, 0.15) is 40.5 Å². The maximum atomic E-state index is 11.9. The van der Waals surface area contributed by atoms with Crippen molar-refractivity contribution in [1.82, 2.24) is 10.2 Å². The molecule has 1 N–H and O–H groups in total. The lowest BCUT2D eigenvalue weighted by Crippen LogP contribution is -2.48. The Labute approximate surface area is 123 Å². The third-order valence-electron chi connectivity index (χ3n) is 3.44. The number of hydrogen-bond acceptors (Lipinski definition) is 5. The average molecular weight is 286 g/mol. The quantitative estimate of drug-likeness (QED) is 0.684. The van der Waals surface area contributed by atoms with Gasteiger partial charge in [0.15, 0.2) is 0 Å². The van der Waals surface area contributed by atoms with Gasteiger partial charge in [-0.15, -0.1) is 0 Å². The molecule has 0 spiro atoms. The minimum atomic E-state index is -0.191. The Balaban J connectivity index is 2.41. The molecule has 5 heteroatoms. The fraction of sp³-hybridized carbons (Fsp3) is 0.933. The van der Waals surface area contributed by atoms with Gasteiger partial charge in [0, 0.05) is 19.6 Å². The van der Waals surface area contributed by atoms with Crippen molar-refractivity contribution in [2.75, 3.05) is 32.8 Å². The summed E-state index contributed by atoms with van der Waals surface area (Å²) in [5.41, 5.74) is 0. The zero-order chi connectivity index (χ0) is 15.0. The monoisotopic (exact) mass is 286 g/mol. The fourth-order valence-corrected chi connectivity index (χ4v) is 2.64. The van der Waals surface area contributed by atoms with Crippen LogP contribution in [-0.2, 0) is 14.3 Å². The summed E-state index contributed by atoms with van der Waals surface area (Å²) in [6.07, 6.45) is 2.34. The minimum absolute atomic E-state index is 0.129. The number of ether oxygens (including phenoxy) is 2. The van der Waals surface area contributed by atoms with Crippen molar-refractivity contribution < 1.29 is 14.3 Å². The first kappa shape index (κ1) is 17.4. The lowest BCUT2D eigenvalue weighted by molar-refractivity contribution is -0.146. The van der Waals surface area contributed by atoms with Crippen molar-refractivity contribution in [3.05, 3.63) is 0 Å². The average Bonchev–Trinajstić information content (AvgIpc) is 2.38. The van der Waals surface area contributed by atoms with Gasteiger partial charge >= 0.3 is 5.97 Å². The molecule has 0 aliphatic carbocycles. The molecule has 0 aromatic heterocycles. The fourth-order valence-electron chi connectivity index (χ4n) is 2.64. The third-order valence-corrected chi connectivity index (χ3v) is 3.44. The molecule has 0 radical (unpaired) electrons. The summed E-state index contributed by atoms with van der Waals surface area (Å²) in [6, 6.07) is -0.191. The molecular weight excluding hydrogens is 256 g/mol. The molecule has 0 aromatic carbocycles. The Kier molecular flexibility index (Phi) is 8.11. The first-order valence-electron chi connectivity index (χ1n) is 7.84. The van der Waals surface area contributed by atoms with E-state index in [1.54, 1.807) is 0 Å². The van der Waals surface area contributed by atoms with Gasteiger partial charge in [-0.05, 0) is 40.2 Å². The maximum absolute atomic E-state index is 11.9. The van der Waals surface area contributed by atoms with Crippen molar-refractivity contribution in [3.8, 4) is 0 Å². The molecule has 1 saturated heterocycles. The van der Waals surface area contributed by atoms with E-state index in [4.69, 9.17) is 9.47 Å². The molecule has 5 nitrogen and oxygen atoms in total. The largest absolute Gasteiger partial charge is 0.465 e. The first-order valence-corrected chi connectivity index (χ1v) is 7.84. The van der Waals surface area contributed by atoms with Gasteiger partial charge in [-0.1, -0.05) is 6.92 Å². The molecule has 0 amide bonds. The highest BCUT2D eigenvalue weighted by molar-refractivity contribution is 5.75. The lowest BCUT2D eigenvalue weighted by Gasteiger charge is -2.35. The van der Waals surface area contributed by atoms with E-state index in [2.05, 4.69) is 31.0 Å². The summed E-state index contributed by atoms with van der Waals surface area (Å²) < 4.78 is 10.9. The smallest absolute Gasteiger partial charge is 0.323 e. The van der Waals surface area contributed by atoms with E-state index in [1.165, 1.54) is 0 Å². The van der Waals surface area contributed by atoms with Crippen LogP contribution in [0.15, 0.2) is 0 Å². The van der Waals surface area contributed by atoms with Crippen LogP contribution in [0, 0.1) is 0 Å². The van der Waals surface area contributed by atoms with E-state index < -0.39 is 0 Å². The number of morpholine rings is 1. The van der Waals surface area contributed by atoms with Gasteiger partial charge in [0.1, 0.15) is 6.04 Å². The molecule has 0 saturated carbocycles. The SMILES string of the molecule is CCCNC(CCN1CC(C)OC(C)C1)C(=O)OCC. The zero-order valence-electron chi connectivity index (χ0n) is 13.4. The second kappa shape index (κ2) is 9.32. The molecule has 1 fully saturated rings. The van der Waals surface area contributed by atoms with E-state index in [1.807, 2.05) is 6.92 Å². The van der Waals surface area contributed by atoms with Gasteiger partial charge in [-0.2, -0.15) is 0 Å². The normalized spacial score (nSPS) is 25.4. The third kappa shape index (κ3) is 6.20. The molecule has 3 atom stereocenters. The van der Waals surface area contributed by atoms with Crippen LogP contribution in [-0.4, -0.2) is 61.9 Å². The Hall–Kier alpha value is -0.650. The highest BCUT2D eigenvalue weighted by Gasteiger charge is 2.24.